The third-order valence-corrected chi connectivity index (χ3v) is 7.99. The largest absolute Gasteiger partial charge is 0.395 e. The minimum Gasteiger partial charge on any atom is -0.395 e. The molecular weight excluding hydrogens is 462 g/mol. The Morgan fingerprint density at radius 2 is 1.54 bits per heavy atom. The highest BCUT2D eigenvalue weighted by Gasteiger charge is 2.38. The zero-order valence-electron chi connectivity index (χ0n) is 21.7. The summed E-state index contributed by atoms with van der Waals surface area (Å²) in [4.78, 5) is 21.7. The van der Waals surface area contributed by atoms with Crippen molar-refractivity contribution >= 4 is 24.1 Å². The molecule has 0 bridgehead atoms. The van der Waals surface area contributed by atoms with Gasteiger partial charge in [0.2, 0.25) is 5.91 Å². The number of aliphatic hydroxyl groups is 2. The minimum atomic E-state index is -1.13. The SMILES string of the molecule is CC(CO)(CO)C(=O)N1CCN(c2cccc(-c3ccc4c(c3)C(C)(C)CCC4(C)C)n2)CC1.Cl. The fraction of sp³-hybridized carbons (Fsp3) is 0.571. The summed E-state index contributed by atoms with van der Waals surface area (Å²) in [5.41, 5.74) is 4.19. The van der Waals surface area contributed by atoms with E-state index < -0.39 is 5.41 Å². The van der Waals surface area contributed by atoms with Crippen molar-refractivity contribution in [3.63, 3.8) is 0 Å². The summed E-state index contributed by atoms with van der Waals surface area (Å²) in [7, 11) is 0. The number of hydrogen-bond donors (Lipinski definition) is 2. The standard InChI is InChI=1S/C28H39N3O3.ClH/c1-26(2)11-12-27(3,4)22-17-20(9-10-21(22)26)23-7-6-8-24(29-23)30-13-15-31(16-14-30)25(34)28(5,18-32)19-33;/h6-10,17,32-33H,11-16,18-19H2,1-5H3;1H. The molecule has 2 aliphatic rings. The molecule has 7 heteroatoms. The van der Waals surface area contributed by atoms with Crippen molar-refractivity contribution < 1.29 is 15.0 Å². The Balaban J connectivity index is 0.00000342. The average molecular weight is 502 g/mol. The molecule has 1 amide bonds. The summed E-state index contributed by atoms with van der Waals surface area (Å²) in [6.07, 6.45) is 2.38. The molecule has 2 N–H and O–H groups in total. The highest BCUT2D eigenvalue weighted by molar-refractivity contribution is 5.85. The van der Waals surface area contributed by atoms with Gasteiger partial charge in [-0.05, 0) is 59.9 Å². The van der Waals surface area contributed by atoms with Crippen molar-refractivity contribution in [2.45, 2.75) is 58.3 Å². The molecule has 35 heavy (non-hydrogen) atoms. The van der Waals surface area contributed by atoms with Crippen molar-refractivity contribution in [3.05, 3.63) is 47.5 Å². The number of benzene rings is 1. The van der Waals surface area contributed by atoms with Crippen LogP contribution in [0.1, 0.15) is 58.6 Å². The van der Waals surface area contributed by atoms with Crippen LogP contribution in [-0.4, -0.2) is 65.4 Å². The summed E-state index contributed by atoms with van der Waals surface area (Å²) < 4.78 is 0. The number of fused-ring (bicyclic) bond motifs is 1. The monoisotopic (exact) mass is 501 g/mol. The lowest BCUT2D eigenvalue weighted by Crippen LogP contribution is -2.54. The first-order chi connectivity index (χ1) is 16.0. The fourth-order valence-corrected chi connectivity index (χ4v) is 5.21. The van der Waals surface area contributed by atoms with Crippen LogP contribution in [0.15, 0.2) is 36.4 Å². The third kappa shape index (κ3) is 5.20. The normalized spacial score (nSPS) is 19.1. The molecular formula is C28H40ClN3O3. The molecule has 1 saturated heterocycles. The molecule has 2 heterocycles. The number of anilines is 1. The van der Waals surface area contributed by atoms with Crippen LogP contribution >= 0.6 is 12.4 Å². The van der Waals surface area contributed by atoms with Gasteiger partial charge in [-0.2, -0.15) is 0 Å². The second-order valence-corrected chi connectivity index (χ2v) is 11.6. The predicted molar refractivity (Wildman–Crippen MR) is 143 cm³/mol. The van der Waals surface area contributed by atoms with Gasteiger partial charge in [0.1, 0.15) is 5.82 Å². The number of pyridine rings is 1. The van der Waals surface area contributed by atoms with Crippen LogP contribution < -0.4 is 4.90 Å². The van der Waals surface area contributed by atoms with Crippen LogP contribution in [0.2, 0.25) is 0 Å². The summed E-state index contributed by atoms with van der Waals surface area (Å²) >= 11 is 0. The van der Waals surface area contributed by atoms with E-state index in [1.54, 1.807) is 11.8 Å². The van der Waals surface area contributed by atoms with Gasteiger partial charge in [-0.1, -0.05) is 45.9 Å². The quantitative estimate of drug-likeness (QED) is 0.643. The molecule has 0 saturated carbocycles. The smallest absolute Gasteiger partial charge is 0.233 e. The fourth-order valence-electron chi connectivity index (χ4n) is 5.21. The van der Waals surface area contributed by atoms with E-state index in [0.717, 1.165) is 17.1 Å². The van der Waals surface area contributed by atoms with E-state index in [1.165, 1.54) is 24.0 Å². The summed E-state index contributed by atoms with van der Waals surface area (Å²) in [6, 6.07) is 13.0. The summed E-state index contributed by atoms with van der Waals surface area (Å²) in [5.74, 6) is 0.715. The number of nitrogens with zero attached hydrogens (tertiary/aromatic N) is 3. The molecule has 1 fully saturated rings. The number of aromatic nitrogens is 1. The van der Waals surface area contributed by atoms with Gasteiger partial charge >= 0.3 is 0 Å². The molecule has 0 radical (unpaired) electrons. The van der Waals surface area contributed by atoms with Gasteiger partial charge in [0.05, 0.1) is 24.3 Å². The van der Waals surface area contributed by atoms with E-state index in [4.69, 9.17) is 4.98 Å². The van der Waals surface area contributed by atoms with E-state index in [2.05, 4.69) is 62.9 Å². The third-order valence-electron chi connectivity index (χ3n) is 7.99. The topological polar surface area (TPSA) is 76.9 Å². The van der Waals surface area contributed by atoms with Crippen molar-refractivity contribution in [1.82, 2.24) is 9.88 Å². The minimum absolute atomic E-state index is 0. The lowest BCUT2D eigenvalue weighted by molar-refractivity contribution is -0.146. The molecule has 1 aliphatic heterocycles. The van der Waals surface area contributed by atoms with Gasteiger partial charge in [0, 0.05) is 31.7 Å². The highest BCUT2D eigenvalue weighted by atomic mass is 35.5. The van der Waals surface area contributed by atoms with E-state index >= 15 is 0 Å². The number of hydrogen-bond acceptors (Lipinski definition) is 5. The Hall–Kier alpha value is -2.15. The van der Waals surface area contributed by atoms with Crippen molar-refractivity contribution in [2.24, 2.45) is 5.41 Å². The zero-order valence-corrected chi connectivity index (χ0v) is 22.5. The zero-order chi connectivity index (χ0) is 24.7. The molecule has 1 aliphatic carbocycles. The van der Waals surface area contributed by atoms with Crippen LogP contribution in [0.25, 0.3) is 11.3 Å². The predicted octanol–water partition coefficient (Wildman–Crippen LogP) is 4.16. The number of amides is 1. The number of piperazine rings is 1. The second kappa shape index (κ2) is 10.1. The molecule has 6 nitrogen and oxygen atoms in total. The van der Waals surface area contributed by atoms with Crippen LogP contribution in [0.3, 0.4) is 0 Å². The molecule has 0 atom stereocenters. The Morgan fingerprint density at radius 1 is 0.943 bits per heavy atom. The lowest BCUT2D eigenvalue weighted by atomic mass is 9.63. The van der Waals surface area contributed by atoms with Gasteiger partial charge in [-0.15, -0.1) is 12.4 Å². The summed E-state index contributed by atoms with van der Waals surface area (Å²) in [6.45, 7) is 12.7. The number of halogens is 1. The maximum atomic E-state index is 12.8. The van der Waals surface area contributed by atoms with E-state index in [0.29, 0.717) is 26.2 Å². The number of carbonyl (C=O) groups excluding carboxylic acids is 1. The lowest BCUT2D eigenvalue weighted by Gasteiger charge is -2.42. The first-order valence-electron chi connectivity index (χ1n) is 12.4. The molecule has 0 spiro atoms. The molecule has 1 aromatic carbocycles. The van der Waals surface area contributed by atoms with Crippen LogP contribution in [0, 0.1) is 5.41 Å². The van der Waals surface area contributed by atoms with Gasteiger partial charge in [0.25, 0.3) is 0 Å². The maximum absolute atomic E-state index is 12.8. The molecule has 1 aromatic heterocycles. The van der Waals surface area contributed by atoms with Crippen molar-refractivity contribution in [3.8, 4) is 11.3 Å². The van der Waals surface area contributed by atoms with E-state index in [9.17, 15) is 15.0 Å². The van der Waals surface area contributed by atoms with Crippen molar-refractivity contribution in [1.29, 1.82) is 0 Å². The Labute approximate surface area is 215 Å². The van der Waals surface area contributed by atoms with E-state index in [1.807, 2.05) is 6.07 Å². The molecule has 0 unspecified atom stereocenters. The van der Waals surface area contributed by atoms with Crippen LogP contribution in [0.5, 0.6) is 0 Å². The van der Waals surface area contributed by atoms with Gasteiger partial charge in [-0.3, -0.25) is 4.79 Å². The first kappa shape index (κ1) is 27.4. The van der Waals surface area contributed by atoms with Crippen LogP contribution in [-0.2, 0) is 15.6 Å². The molecule has 192 valence electrons. The second-order valence-electron chi connectivity index (χ2n) is 11.6. The Kier molecular flexibility index (Phi) is 7.90. The van der Waals surface area contributed by atoms with Gasteiger partial charge < -0.3 is 20.0 Å². The summed E-state index contributed by atoms with van der Waals surface area (Å²) in [5, 5.41) is 19.1. The number of aliphatic hydroxyl groups excluding tert-OH is 2. The molecule has 4 rings (SSSR count). The first-order valence-corrected chi connectivity index (χ1v) is 12.4. The van der Waals surface area contributed by atoms with Crippen molar-refractivity contribution in [2.75, 3.05) is 44.3 Å². The Morgan fingerprint density at radius 3 is 2.14 bits per heavy atom. The Bertz CT molecular complexity index is 1060. The number of carbonyl (C=O) groups is 1. The van der Waals surface area contributed by atoms with Gasteiger partial charge in [-0.25, -0.2) is 4.98 Å². The molecule has 2 aromatic rings. The number of rotatable bonds is 5. The van der Waals surface area contributed by atoms with E-state index in [-0.39, 0.29) is 42.4 Å². The average Bonchev–Trinajstić information content (AvgIpc) is 2.86. The van der Waals surface area contributed by atoms with Crippen LogP contribution in [0.4, 0.5) is 5.82 Å². The highest BCUT2D eigenvalue weighted by Crippen LogP contribution is 2.46. The maximum Gasteiger partial charge on any atom is 0.233 e. The van der Waals surface area contributed by atoms with Gasteiger partial charge in [0.15, 0.2) is 0 Å².